The molecule has 3 rings (SSSR count). The molecule has 1 heterocycles. The number of rotatable bonds is 2. The Balaban J connectivity index is 2.52. The molecule has 0 aliphatic carbocycles. The van der Waals surface area contributed by atoms with Gasteiger partial charge in [0.1, 0.15) is 5.58 Å². The Hall–Kier alpha value is -3.02. The molecule has 0 spiro atoms. The first kappa shape index (κ1) is 14.9. The van der Waals surface area contributed by atoms with E-state index in [1.54, 1.807) is 19.1 Å². The number of hydrogen-bond donors (Lipinski definition) is 1. The largest absolute Gasteiger partial charge is 0.477 e. The molecular formula is C17H10F2O4. The SMILES string of the molecule is Cc1cccc2c(=O)c(C(=O)O)c(-c3cccc(F)c3F)oc12. The van der Waals surface area contributed by atoms with Crippen molar-refractivity contribution in [2.75, 3.05) is 0 Å². The molecule has 4 nitrogen and oxygen atoms in total. The Morgan fingerprint density at radius 3 is 2.52 bits per heavy atom. The fourth-order valence-electron chi connectivity index (χ4n) is 2.42. The van der Waals surface area contributed by atoms with Gasteiger partial charge in [-0.05, 0) is 30.7 Å². The number of benzene rings is 2. The van der Waals surface area contributed by atoms with Crippen LogP contribution in [0.4, 0.5) is 8.78 Å². The van der Waals surface area contributed by atoms with Crippen LogP contribution in [0.3, 0.4) is 0 Å². The van der Waals surface area contributed by atoms with Gasteiger partial charge in [-0.15, -0.1) is 0 Å². The molecule has 0 saturated heterocycles. The van der Waals surface area contributed by atoms with Crippen LogP contribution in [0.2, 0.25) is 0 Å². The van der Waals surface area contributed by atoms with Gasteiger partial charge >= 0.3 is 5.97 Å². The van der Waals surface area contributed by atoms with Crippen molar-refractivity contribution >= 4 is 16.9 Å². The first-order valence-electron chi connectivity index (χ1n) is 6.66. The van der Waals surface area contributed by atoms with Crippen LogP contribution in [0, 0.1) is 18.6 Å². The van der Waals surface area contributed by atoms with E-state index in [0.717, 1.165) is 12.1 Å². The fourth-order valence-corrected chi connectivity index (χ4v) is 2.42. The van der Waals surface area contributed by atoms with Gasteiger partial charge in [-0.25, -0.2) is 13.6 Å². The summed E-state index contributed by atoms with van der Waals surface area (Å²) in [5, 5.41) is 9.39. The maximum absolute atomic E-state index is 14.0. The minimum atomic E-state index is -1.57. The highest BCUT2D eigenvalue weighted by atomic mass is 19.2. The van der Waals surface area contributed by atoms with Crippen LogP contribution < -0.4 is 5.43 Å². The van der Waals surface area contributed by atoms with Gasteiger partial charge in [0.25, 0.3) is 0 Å². The normalized spacial score (nSPS) is 10.9. The van der Waals surface area contributed by atoms with Gasteiger partial charge in [-0.3, -0.25) is 4.79 Å². The quantitative estimate of drug-likeness (QED) is 0.782. The Morgan fingerprint density at radius 1 is 1.13 bits per heavy atom. The van der Waals surface area contributed by atoms with Crippen molar-refractivity contribution in [2.45, 2.75) is 6.92 Å². The van der Waals surface area contributed by atoms with Crippen LogP contribution in [0.1, 0.15) is 15.9 Å². The smallest absolute Gasteiger partial charge is 0.343 e. The molecule has 0 radical (unpaired) electrons. The average Bonchev–Trinajstić information content (AvgIpc) is 2.50. The van der Waals surface area contributed by atoms with Crippen LogP contribution >= 0.6 is 0 Å². The zero-order valence-electron chi connectivity index (χ0n) is 11.9. The highest BCUT2D eigenvalue weighted by Gasteiger charge is 2.25. The lowest BCUT2D eigenvalue weighted by Crippen LogP contribution is -2.17. The summed E-state index contributed by atoms with van der Waals surface area (Å²) in [6, 6.07) is 7.94. The number of halogens is 2. The van der Waals surface area contributed by atoms with Crippen molar-refractivity contribution in [3.05, 3.63) is 69.4 Å². The van der Waals surface area contributed by atoms with Gasteiger partial charge < -0.3 is 9.52 Å². The molecule has 6 heteroatoms. The van der Waals surface area contributed by atoms with Crippen LogP contribution in [-0.2, 0) is 0 Å². The van der Waals surface area contributed by atoms with Gasteiger partial charge in [-0.2, -0.15) is 0 Å². The first-order valence-corrected chi connectivity index (χ1v) is 6.66. The Kier molecular flexibility index (Phi) is 3.44. The van der Waals surface area contributed by atoms with Crippen molar-refractivity contribution in [2.24, 2.45) is 0 Å². The van der Waals surface area contributed by atoms with E-state index in [-0.39, 0.29) is 11.0 Å². The highest BCUT2D eigenvalue weighted by Crippen LogP contribution is 2.30. The Bertz CT molecular complexity index is 1010. The van der Waals surface area contributed by atoms with E-state index in [4.69, 9.17) is 4.42 Å². The number of para-hydroxylation sites is 1. The minimum absolute atomic E-state index is 0.0722. The molecule has 0 unspecified atom stereocenters. The van der Waals surface area contributed by atoms with E-state index in [1.807, 2.05) is 0 Å². The molecule has 3 aromatic rings. The maximum atomic E-state index is 14.0. The molecule has 23 heavy (non-hydrogen) atoms. The van der Waals surface area contributed by atoms with Gasteiger partial charge in [0.2, 0.25) is 5.43 Å². The van der Waals surface area contributed by atoms with E-state index in [1.165, 1.54) is 12.1 Å². The van der Waals surface area contributed by atoms with Gasteiger partial charge in [0.05, 0.1) is 10.9 Å². The minimum Gasteiger partial charge on any atom is -0.477 e. The van der Waals surface area contributed by atoms with Crippen molar-refractivity contribution in [3.63, 3.8) is 0 Å². The third kappa shape index (κ3) is 2.28. The third-order valence-electron chi connectivity index (χ3n) is 3.52. The summed E-state index contributed by atoms with van der Waals surface area (Å²) in [5.41, 5.74) is -1.23. The number of fused-ring (bicyclic) bond motifs is 1. The summed E-state index contributed by atoms with van der Waals surface area (Å²) in [5.74, 6) is -4.50. The molecular weight excluding hydrogens is 306 g/mol. The number of carbonyl (C=O) groups is 1. The second-order valence-electron chi connectivity index (χ2n) is 4.99. The van der Waals surface area contributed by atoms with Crippen LogP contribution in [-0.4, -0.2) is 11.1 Å². The van der Waals surface area contributed by atoms with Gasteiger partial charge in [-0.1, -0.05) is 18.2 Å². The van der Waals surface area contributed by atoms with Crippen molar-refractivity contribution in [1.29, 1.82) is 0 Å². The highest BCUT2D eigenvalue weighted by molar-refractivity contribution is 5.98. The number of carboxylic acids is 1. The average molecular weight is 316 g/mol. The maximum Gasteiger partial charge on any atom is 0.343 e. The molecule has 0 amide bonds. The molecule has 0 aliphatic heterocycles. The zero-order valence-corrected chi connectivity index (χ0v) is 11.9. The summed E-state index contributed by atoms with van der Waals surface area (Å²) < 4.78 is 33.0. The molecule has 0 bridgehead atoms. The van der Waals surface area contributed by atoms with E-state index in [0.29, 0.717) is 5.56 Å². The van der Waals surface area contributed by atoms with Crippen molar-refractivity contribution in [3.8, 4) is 11.3 Å². The summed E-state index contributed by atoms with van der Waals surface area (Å²) in [4.78, 5) is 23.9. The predicted molar refractivity (Wildman–Crippen MR) is 79.5 cm³/mol. The predicted octanol–water partition coefficient (Wildman–Crippen LogP) is 3.74. The van der Waals surface area contributed by atoms with E-state index >= 15 is 0 Å². The van der Waals surface area contributed by atoms with Crippen molar-refractivity contribution < 1.29 is 23.1 Å². The first-order chi connectivity index (χ1) is 10.9. The second kappa shape index (κ2) is 5.31. The second-order valence-corrected chi connectivity index (χ2v) is 4.99. The monoisotopic (exact) mass is 316 g/mol. The molecule has 116 valence electrons. The third-order valence-corrected chi connectivity index (χ3v) is 3.52. The van der Waals surface area contributed by atoms with E-state index < -0.39 is 39.9 Å². The van der Waals surface area contributed by atoms with Crippen molar-refractivity contribution in [1.82, 2.24) is 0 Å². The van der Waals surface area contributed by atoms with Crippen LogP contribution in [0.15, 0.2) is 45.6 Å². The molecule has 1 aromatic heterocycles. The van der Waals surface area contributed by atoms with Crippen LogP contribution in [0.25, 0.3) is 22.3 Å². The van der Waals surface area contributed by atoms with E-state index in [9.17, 15) is 23.5 Å². The molecule has 0 saturated carbocycles. The van der Waals surface area contributed by atoms with E-state index in [2.05, 4.69) is 0 Å². The Morgan fingerprint density at radius 2 is 1.83 bits per heavy atom. The molecule has 0 atom stereocenters. The lowest BCUT2D eigenvalue weighted by atomic mass is 10.0. The molecule has 0 fully saturated rings. The number of aromatic carboxylic acids is 1. The number of hydrogen-bond acceptors (Lipinski definition) is 3. The zero-order chi connectivity index (χ0) is 16.7. The van der Waals surface area contributed by atoms with Gasteiger partial charge in [0.15, 0.2) is 23.0 Å². The summed E-state index contributed by atoms with van der Waals surface area (Å²) in [6.45, 7) is 1.66. The number of carboxylic acid groups (broad SMARTS) is 1. The summed E-state index contributed by atoms with van der Waals surface area (Å²) in [7, 11) is 0. The lowest BCUT2D eigenvalue weighted by molar-refractivity contribution is 0.0694. The molecule has 2 aromatic carbocycles. The Labute approximate surface area is 128 Å². The van der Waals surface area contributed by atoms with Gasteiger partial charge in [0, 0.05) is 0 Å². The topological polar surface area (TPSA) is 67.5 Å². The number of aryl methyl sites for hydroxylation is 1. The standard InChI is InChI=1S/C17H10F2O4/c1-8-4-2-6-10-14(20)12(17(21)22)16(23-15(8)10)9-5-3-7-11(18)13(9)19/h2-7H,1H3,(H,21,22). The molecule has 0 aliphatic rings. The summed E-state index contributed by atoms with van der Waals surface area (Å²) >= 11 is 0. The van der Waals surface area contributed by atoms with Crippen LogP contribution in [0.5, 0.6) is 0 Å². The fraction of sp³-hybridized carbons (Fsp3) is 0.0588. The lowest BCUT2D eigenvalue weighted by Gasteiger charge is -2.09. The molecule has 1 N–H and O–H groups in total. The summed E-state index contributed by atoms with van der Waals surface area (Å²) in [6.07, 6.45) is 0.